The monoisotopic (exact) mass is 229 g/mol. The lowest BCUT2D eigenvalue weighted by atomic mass is 10.1. The first-order valence-electron chi connectivity index (χ1n) is 5.01. The SMILES string of the molecule is Nc1cccc(F)c1-c1nc2ncccc2o1. The van der Waals surface area contributed by atoms with E-state index in [1.807, 2.05) is 0 Å². The van der Waals surface area contributed by atoms with Crippen LogP contribution in [0.5, 0.6) is 0 Å². The number of rotatable bonds is 1. The van der Waals surface area contributed by atoms with Crippen LogP contribution in [0.15, 0.2) is 40.9 Å². The Bertz CT molecular complexity index is 640. The topological polar surface area (TPSA) is 64.9 Å². The van der Waals surface area contributed by atoms with E-state index in [2.05, 4.69) is 9.97 Å². The molecule has 2 N–H and O–H groups in total. The van der Waals surface area contributed by atoms with Crippen LogP contribution in [-0.4, -0.2) is 9.97 Å². The molecule has 0 unspecified atom stereocenters. The van der Waals surface area contributed by atoms with E-state index in [0.717, 1.165) is 0 Å². The molecule has 0 atom stereocenters. The Morgan fingerprint density at radius 3 is 2.82 bits per heavy atom. The zero-order valence-corrected chi connectivity index (χ0v) is 8.72. The van der Waals surface area contributed by atoms with Gasteiger partial charge in [0.1, 0.15) is 5.82 Å². The predicted octanol–water partition coefficient (Wildman–Crippen LogP) is 2.61. The number of nitrogens with zero attached hydrogens (tertiary/aromatic N) is 2. The summed E-state index contributed by atoms with van der Waals surface area (Å²) >= 11 is 0. The summed E-state index contributed by atoms with van der Waals surface area (Å²) in [7, 11) is 0. The molecule has 4 nitrogen and oxygen atoms in total. The molecule has 2 heterocycles. The lowest BCUT2D eigenvalue weighted by Crippen LogP contribution is -1.93. The molecule has 5 heteroatoms. The summed E-state index contributed by atoms with van der Waals surface area (Å²) in [6.07, 6.45) is 1.60. The number of aromatic nitrogens is 2. The van der Waals surface area contributed by atoms with Crippen LogP contribution >= 0.6 is 0 Å². The van der Waals surface area contributed by atoms with Gasteiger partial charge in [0.2, 0.25) is 5.89 Å². The van der Waals surface area contributed by atoms with Crippen molar-refractivity contribution in [2.75, 3.05) is 5.73 Å². The smallest absolute Gasteiger partial charge is 0.233 e. The van der Waals surface area contributed by atoms with Crippen molar-refractivity contribution in [3.8, 4) is 11.5 Å². The van der Waals surface area contributed by atoms with Gasteiger partial charge in [0.15, 0.2) is 11.2 Å². The summed E-state index contributed by atoms with van der Waals surface area (Å²) in [5, 5.41) is 0. The molecule has 1 aromatic carbocycles. The summed E-state index contributed by atoms with van der Waals surface area (Å²) in [6, 6.07) is 7.89. The maximum Gasteiger partial charge on any atom is 0.233 e. The summed E-state index contributed by atoms with van der Waals surface area (Å²) in [5.41, 5.74) is 7.12. The van der Waals surface area contributed by atoms with E-state index in [0.29, 0.717) is 11.2 Å². The Labute approximate surface area is 95.9 Å². The zero-order chi connectivity index (χ0) is 11.8. The van der Waals surface area contributed by atoms with Crippen LogP contribution < -0.4 is 5.73 Å². The maximum absolute atomic E-state index is 13.7. The molecule has 0 aliphatic carbocycles. The molecule has 3 aromatic rings. The van der Waals surface area contributed by atoms with Crippen LogP contribution in [0.25, 0.3) is 22.7 Å². The first kappa shape index (κ1) is 9.77. The summed E-state index contributed by atoms with van der Waals surface area (Å²) < 4.78 is 19.1. The molecule has 0 fully saturated rings. The second-order valence-electron chi connectivity index (χ2n) is 3.55. The predicted molar refractivity (Wildman–Crippen MR) is 61.6 cm³/mol. The third kappa shape index (κ3) is 1.52. The van der Waals surface area contributed by atoms with Crippen LogP contribution in [0, 0.1) is 5.82 Å². The molecule has 0 amide bonds. The lowest BCUT2D eigenvalue weighted by Gasteiger charge is -2.01. The number of hydrogen-bond donors (Lipinski definition) is 1. The highest BCUT2D eigenvalue weighted by atomic mass is 19.1. The number of pyridine rings is 1. The van der Waals surface area contributed by atoms with Crippen molar-refractivity contribution in [2.45, 2.75) is 0 Å². The van der Waals surface area contributed by atoms with Gasteiger partial charge in [0.25, 0.3) is 0 Å². The van der Waals surface area contributed by atoms with Gasteiger partial charge in [-0.1, -0.05) is 6.07 Å². The minimum atomic E-state index is -0.462. The van der Waals surface area contributed by atoms with Gasteiger partial charge in [-0.15, -0.1) is 0 Å². The van der Waals surface area contributed by atoms with Crippen molar-refractivity contribution in [3.63, 3.8) is 0 Å². The van der Waals surface area contributed by atoms with Crippen LogP contribution in [0.1, 0.15) is 0 Å². The van der Waals surface area contributed by atoms with E-state index in [-0.39, 0.29) is 17.1 Å². The van der Waals surface area contributed by atoms with Crippen molar-refractivity contribution in [1.29, 1.82) is 0 Å². The highest BCUT2D eigenvalue weighted by molar-refractivity contribution is 5.77. The van der Waals surface area contributed by atoms with Gasteiger partial charge in [-0.2, -0.15) is 4.98 Å². The summed E-state index contributed by atoms with van der Waals surface area (Å²) in [4.78, 5) is 8.13. The minimum absolute atomic E-state index is 0.148. The average molecular weight is 229 g/mol. The Morgan fingerprint density at radius 2 is 2.06 bits per heavy atom. The Hall–Kier alpha value is -2.43. The van der Waals surface area contributed by atoms with Gasteiger partial charge in [-0.3, -0.25) is 0 Å². The molecular formula is C12H8FN3O. The van der Waals surface area contributed by atoms with Crippen molar-refractivity contribution >= 4 is 16.9 Å². The molecule has 2 aromatic heterocycles. The zero-order valence-electron chi connectivity index (χ0n) is 8.72. The van der Waals surface area contributed by atoms with Crippen molar-refractivity contribution in [2.24, 2.45) is 0 Å². The maximum atomic E-state index is 13.7. The van der Waals surface area contributed by atoms with E-state index in [1.165, 1.54) is 12.1 Å². The summed E-state index contributed by atoms with van der Waals surface area (Å²) in [6.45, 7) is 0. The second-order valence-corrected chi connectivity index (χ2v) is 3.55. The summed E-state index contributed by atoms with van der Waals surface area (Å²) in [5.74, 6) is -0.314. The Morgan fingerprint density at radius 1 is 1.18 bits per heavy atom. The molecule has 17 heavy (non-hydrogen) atoms. The third-order valence-corrected chi connectivity index (χ3v) is 2.42. The van der Waals surface area contributed by atoms with Gasteiger partial charge < -0.3 is 10.2 Å². The molecular weight excluding hydrogens is 221 g/mol. The van der Waals surface area contributed by atoms with Gasteiger partial charge in [0.05, 0.1) is 5.56 Å². The molecule has 0 spiro atoms. The highest BCUT2D eigenvalue weighted by Crippen LogP contribution is 2.29. The molecule has 0 saturated carbocycles. The first-order chi connectivity index (χ1) is 8.25. The van der Waals surface area contributed by atoms with Crippen LogP contribution in [0.2, 0.25) is 0 Å². The normalized spacial score (nSPS) is 10.9. The van der Waals surface area contributed by atoms with E-state index in [9.17, 15) is 4.39 Å². The molecule has 0 saturated heterocycles. The Kier molecular flexibility index (Phi) is 2.04. The van der Waals surface area contributed by atoms with Gasteiger partial charge >= 0.3 is 0 Å². The van der Waals surface area contributed by atoms with Crippen LogP contribution in [-0.2, 0) is 0 Å². The van der Waals surface area contributed by atoms with E-state index >= 15 is 0 Å². The van der Waals surface area contributed by atoms with Crippen molar-refractivity contribution in [1.82, 2.24) is 9.97 Å². The number of anilines is 1. The van der Waals surface area contributed by atoms with Gasteiger partial charge in [0, 0.05) is 11.9 Å². The minimum Gasteiger partial charge on any atom is -0.434 e. The van der Waals surface area contributed by atoms with E-state index in [1.54, 1.807) is 24.4 Å². The number of fused-ring (bicyclic) bond motifs is 1. The fraction of sp³-hybridized carbons (Fsp3) is 0. The van der Waals surface area contributed by atoms with E-state index in [4.69, 9.17) is 10.2 Å². The molecule has 84 valence electrons. The lowest BCUT2D eigenvalue weighted by molar-refractivity contribution is 0.594. The quantitative estimate of drug-likeness (QED) is 0.651. The third-order valence-electron chi connectivity index (χ3n) is 2.42. The number of halogens is 1. The number of nitrogen functional groups attached to an aromatic ring is 1. The van der Waals surface area contributed by atoms with Crippen LogP contribution in [0.4, 0.5) is 10.1 Å². The number of nitrogens with two attached hydrogens (primary N) is 1. The van der Waals surface area contributed by atoms with E-state index < -0.39 is 5.82 Å². The first-order valence-corrected chi connectivity index (χ1v) is 5.01. The standard InChI is InChI=1S/C12H8FN3O/c13-7-3-1-4-8(14)10(7)12-16-11-9(17-12)5-2-6-15-11/h1-6H,14H2. The van der Waals surface area contributed by atoms with Crippen molar-refractivity contribution < 1.29 is 8.81 Å². The Balaban J connectivity index is 2.27. The fourth-order valence-electron chi connectivity index (χ4n) is 1.64. The van der Waals surface area contributed by atoms with Gasteiger partial charge in [-0.05, 0) is 24.3 Å². The molecule has 0 bridgehead atoms. The van der Waals surface area contributed by atoms with Crippen molar-refractivity contribution in [3.05, 3.63) is 42.3 Å². The molecule has 0 aliphatic rings. The highest BCUT2D eigenvalue weighted by Gasteiger charge is 2.15. The average Bonchev–Trinajstić information content (AvgIpc) is 2.71. The van der Waals surface area contributed by atoms with Gasteiger partial charge in [-0.25, -0.2) is 9.37 Å². The molecule has 3 rings (SSSR count). The van der Waals surface area contributed by atoms with Crippen LogP contribution in [0.3, 0.4) is 0 Å². The second kappa shape index (κ2) is 3.55. The number of oxazole rings is 1. The fourth-order valence-corrected chi connectivity index (χ4v) is 1.64. The number of benzene rings is 1. The largest absolute Gasteiger partial charge is 0.434 e. The number of hydrogen-bond acceptors (Lipinski definition) is 4. The molecule has 0 aliphatic heterocycles. The molecule has 0 radical (unpaired) electrons.